The molecule has 1 aromatic heterocycles. The van der Waals surface area contributed by atoms with Crippen LogP contribution in [0.25, 0.3) is 11.1 Å². The average molecular weight is 348 g/mol. The first-order valence-corrected chi connectivity index (χ1v) is 8.55. The van der Waals surface area contributed by atoms with Crippen molar-refractivity contribution >= 4 is 21.1 Å². The Balaban J connectivity index is 1.79. The Labute approximate surface area is 139 Å². The Morgan fingerprint density at radius 2 is 1.88 bits per heavy atom. The fourth-order valence-electron chi connectivity index (χ4n) is 2.25. The molecule has 1 N–H and O–H groups in total. The third-order valence-electron chi connectivity index (χ3n) is 3.53. The van der Waals surface area contributed by atoms with Crippen LogP contribution in [0.5, 0.6) is 11.5 Å². The van der Waals surface area contributed by atoms with Gasteiger partial charge in [0, 0.05) is 12.6 Å². The van der Waals surface area contributed by atoms with Crippen LogP contribution >= 0.6 is 0 Å². The zero-order valence-electron chi connectivity index (χ0n) is 13.1. The van der Waals surface area contributed by atoms with E-state index in [1.807, 2.05) is 0 Å². The summed E-state index contributed by atoms with van der Waals surface area (Å²) in [5.74, 6) is 1.12. The fraction of sp³-hybridized carbons (Fsp3) is 0.188. The number of nitrogens with one attached hydrogen (secondary N) is 1. The van der Waals surface area contributed by atoms with Crippen LogP contribution in [0.2, 0.25) is 0 Å². The Kier molecular flexibility index (Phi) is 4.41. The Hall–Kier alpha value is -2.58. The molecule has 0 aliphatic heterocycles. The number of benzene rings is 2. The van der Waals surface area contributed by atoms with Crippen molar-refractivity contribution in [2.24, 2.45) is 0 Å². The maximum Gasteiger partial charge on any atom is 0.241 e. The molecule has 0 fully saturated rings. The van der Waals surface area contributed by atoms with Gasteiger partial charge in [0.2, 0.25) is 10.0 Å². The van der Waals surface area contributed by atoms with Gasteiger partial charge in [0.1, 0.15) is 5.52 Å². The normalized spacial score (nSPS) is 11.6. The second kappa shape index (κ2) is 6.50. The van der Waals surface area contributed by atoms with Crippen molar-refractivity contribution in [2.45, 2.75) is 11.4 Å². The molecular weight excluding hydrogens is 332 g/mol. The van der Waals surface area contributed by atoms with Crippen LogP contribution in [0.3, 0.4) is 0 Å². The van der Waals surface area contributed by atoms with E-state index < -0.39 is 10.0 Å². The smallest absolute Gasteiger partial charge is 0.241 e. The van der Waals surface area contributed by atoms with Crippen LogP contribution < -0.4 is 14.2 Å². The van der Waals surface area contributed by atoms with Crippen LogP contribution in [0.4, 0.5) is 0 Å². The topological polar surface area (TPSA) is 90.7 Å². The molecule has 24 heavy (non-hydrogen) atoms. The summed E-state index contributed by atoms with van der Waals surface area (Å²) in [5.41, 5.74) is 1.77. The van der Waals surface area contributed by atoms with Crippen molar-refractivity contribution in [1.29, 1.82) is 0 Å². The van der Waals surface area contributed by atoms with Gasteiger partial charge in [-0.05, 0) is 29.8 Å². The molecule has 0 saturated heterocycles. The molecule has 7 nitrogen and oxygen atoms in total. The van der Waals surface area contributed by atoms with E-state index in [0.717, 1.165) is 5.56 Å². The van der Waals surface area contributed by atoms with Crippen LogP contribution in [-0.4, -0.2) is 27.6 Å². The zero-order valence-corrected chi connectivity index (χ0v) is 14.0. The minimum atomic E-state index is -3.67. The highest BCUT2D eigenvalue weighted by Gasteiger charge is 2.16. The van der Waals surface area contributed by atoms with E-state index >= 15 is 0 Å². The van der Waals surface area contributed by atoms with E-state index in [4.69, 9.17) is 13.9 Å². The second-order valence-electron chi connectivity index (χ2n) is 5.00. The Bertz CT molecular complexity index is 966. The maximum atomic E-state index is 12.4. The number of sulfonamides is 1. The lowest BCUT2D eigenvalue weighted by molar-refractivity contribution is 0.354. The minimum absolute atomic E-state index is 0.118. The number of ether oxygens (including phenoxy) is 2. The molecule has 0 radical (unpaired) electrons. The average Bonchev–Trinajstić information content (AvgIpc) is 3.07. The molecule has 0 spiro atoms. The van der Waals surface area contributed by atoms with Gasteiger partial charge in [0.15, 0.2) is 23.5 Å². The van der Waals surface area contributed by atoms with Crippen molar-refractivity contribution in [3.63, 3.8) is 0 Å². The number of hydrogen-bond acceptors (Lipinski definition) is 6. The number of methoxy groups -OCH3 is 2. The van der Waals surface area contributed by atoms with Gasteiger partial charge >= 0.3 is 0 Å². The first-order valence-electron chi connectivity index (χ1n) is 7.07. The van der Waals surface area contributed by atoms with Gasteiger partial charge in [-0.25, -0.2) is 18.1 Å². The monoisotopic (exact) mass is 348 g/mol. The molecule has 2 aromatic carbocycles. The molecule has 0 unspecified atom stereocenters. The lowest BCUT2D eigenvalue weighted by Crippen LogP contribution is -2.23. The molecule has 0 amide bonds. The summed E-state index contributed by atoms with van der Waals surface area (Å²) < 4.78 is 42.9. The highest BCUT2D eigenvalue weighted by Crippen LogP contribution is 2.27. The highest BCUT2D eigenvalue weighted by atomic mass is 32.2. The van der Waals surface area contributed by atoms with Crippen LogP contribution in [-0.2, 0) is 16.6 Å². The summed E-state index contributed by atoms with van der Waals surface area (Å²) >= 11 is 0. The number of aromatic nitrogens is 1. The predicted molar refractivity (Wildman–Crippen MR) is 87.6 cm³/mol. The number of rotatable bonds is 6. The maximum absolute atomic E-state index is 12.4. The molecule has 0 aliphatic carbocycles. The van der Waals surface area contributed by atoms with Crippen molar-refractivity contribution in [1.82, 2.24) is 9.71 Å². The van der Waals surface area contributed by atoms with Crippen LogP contribution in [0.1, 0.15) is 5.56 Å². The number of oxazole rings is 1. The van der Waals surface area contributed by atoms with Crippen LogP contribution in [0, 0.1) is 0 Å². The van der Waals surface area contributed by atoms with Gasteiger partial charge in [-0.15, -0.1) is 0 Å². The first kappa shape index (κ1) is 16.3. The van der Waals surface area contributed by atoms with Gasteiger partial charge in [-0.1, -0.05) is 6.07 Å². The third-order valence-corrected chi connectivity index (χ3v) is 4.93. The van der Waals surface area contributed by atoms with E-state index in [1.165, 1.54) is 25.6 Å². The van der Waals surface area contributed by atoms with Crippen molar-refractivity contribution in [3.05, 3.63) is 48.4 Å². The Morgan fingerprint density at radius 1 is 1.08 bits per heavy atom. The van der Waals surface area contributed by atoms with Crippen molar-refractivity contribution in [3.8, 4) is 11.5 Å². The first-order chi connectivity index (χ1) is 11.5. The zero-order chi connectivity index (χ0) is 17.2. The van der Waals surface area contributed by atoms with E-state index in [-0.39, 0.29) is 11.4 Å². The molecule has 0 aliphatic rings. The van der Waals surface area contributed by atoms with Gasteiger partial charge in [-0.2, -0.15) is 0 Å². The summed E-state index contributed by atoms with van der Waals surface area (Å²) in [6, 6.07) is 9.75. The summed E-state index contributed by atoms with van der Waals surface area (Å²) in [7, 11) is -0.605. The van der Waals surface area contributed by atoms with Gasteiger partial charge in [0.25, 0.3) is 0 Å². The molecule has 0 atom stereocenters. The van der Waals surface area contributed by atoms with Crippen LogP contribution in [0.15, 0.2) is 52.1 Å². The third kappa shape index (κ3) is 3.19. The van der Waals surface area contributed by atoms with Crippen molar-refractivity contribution in [2.75, 3.05) is 14.2 Å². The lowest BCUT2D eigenvalue weighted by Gasteiger charge is -2.10. The largest absolute Gasteiger partial charge is 0.493 e. The van der Waals surface area contributed by atoms with Gasteiger partial charge in [0.05, 0.1) is 19.1 Å². The molecule has 3 aromatic rings. The molecule has 126 valence electrons. The second-order valence-corrected chi connectivity index (χ2v) is 6.76. The molecule has 8 heteroatoms. The van der Waals surface area contributed by atoms with Gasteiger partial charge in [-0.3, -0.25) is 0 Å². The molecule has 0 bridgehead atoms. The van der Waals surface area contributed by atoms with E-state index in [9.17, 15) is 8.42 Å². The fourth-order valence-corrected chi connectivity index (χ4v) is 3.29. The summed E-state index contributed by atoms with van der Waals surface area (Å²) in [6.45, 7) is 0.122. The van der Waals surface area contributed by atoms with Crippen molar-refractivity contribution < 1.29 is 22.3 Å². The molecular formula is C16H16N2O5S. The van der Waals surface area contributed by atoms with E-state index in [2.05, 4.69) is 9.71 Å². The summed E-state index contributed by atoms with van der Waals surface area (Å²) in [4.78, 5) is 4.08. The number of hydrogen-bond donors (Lipinski definition) is 1. The number of nitrogens with zero attached hydrogens (tertiary/aromatic N) is 1. The molecule has 1 heterocycles. The van der Waals surface area contributed by atoms with E-state index in [0.29, 0.717) is 22.6 Å². The Morgan fingerprint density at radius 3 is 2.62 bits per heavy atom. The van der Waals surface area contributed by atoms with Gasteiger partial charge < -0.3 is 13.9 Å². The number of fused-ring (bicyclic) bond motifs is 1. The standard InChI is InChI=1S/C16H16N2O5S/c1-21-14-6-3-11(7-16(14)22-2)9-18-24(19,20)12-4-5-13-15(8-12)23-10-17-13/h3-8,10,18H,9H2,1-2H3. The molecule has 3 rings (SSSR count). The SMILES string of the molecule is COc1ccc(CNS(=O)(=O)c2ccc3ncoc3c2)cc1OC. The van der Waals surface area contributed by atoms with E-state index in [1.54, 1.807) is 31.4 Å². The highest BCUT2D eigenvalue weighted by molar-refractivity contribution is 7.89. The summed E-state index contributed by atoms with van der Waals surface area (Å²) in [5, 5.41) is 0. The lowest BCUT2D eigenvalue weighted by atomic mass is 10.2. The predicted octanol–water partition coefficient (Wildman–Crippen LogP) is 2.32. The minimum Gasteiger partial charge on any atom is -0.493 e. The summed E-state index contributed by atoms with van der Waals surface area (Å²) in [6.07, 6.45) is 1.28. The quantitative estimate of drug-likeness (QED) is 0.735. The molecule has 0 saturated carbocycles.